The van der Waals surface area contributed by atoms with Gasteiger partial charge in [0.25, 0.3) is 0 Å². The quantitative estimate of drug-likeness (QED) is 0.811. The number of nitrogens with two attached hydrogens (primary N) is 1. The van der Waals surface area contributed by atoms with E-state index in [0.29, 0.717) is 28.1 Å². The molecular formula is C18H17FN4O2. The molecule has 1 aliphatic heterocycles. The highest BCUT2D eigenvalue weighted by molar-refractivity contribution is 6.04. The van der Waals surface area contributed by atoms with Crippen molar-refractivity contribution in [1.29, 1.82) is 0 Å². The molecule has 0 bridgehead atoms. The lowest BCUT2D eigenvalue weighted by Gasteiger charge is -2.32. The fraction of sp³-hybridized carbons (Fsp3) is 0.167. The minimum absolute atomic E-state index is 0.0175. The second-order valence-corrected chi connectivity index (χ2v) is 5.70. The highest BCUT2D eigenvalue weighted by Gasteiger charge is 2.26. The van der Waals surface area contributed by atoms with Crippen molar-refractivity contribution in [3.8, 4) is 0 Å². The highest BCUT2D eigenvalue weighted by atomic mass is 19.1. The fourth-order valence-electron chi connectivity index (χ4n) is 2.87. The summed E-state index contributed by atoms with van der Waals surface area (Å²) in [5, 5.41) is 2.93. The zero-order valence-electron chi connectivity index (χ0n) is 13.6. The van der Waals surface area contributed by atoms with E-state index in [1.54, 1.807) is 36.4 Å². The lowest BCUT2D eigenvalue weighted by molar-refractivity contribution is -0.114. The maximum atomic E-state index is 13.8. The van der Waals surface area contributed by atoms with Crippen LogP contribution in [0.2, 0.25) is 0 Å². The van der Waals surface area contributed by atoms with Crippen LogP contribution in [-0.2, 0) is 4.79 Å². The number of carbonyl (C=O) groups is 2. The van der Waals surface area contributed by atoms with Gasteiger partial charge in [-0.15, -0.1) is 0 Å². The van der Waals surface area contributed by atoms with Gasteiger partial charge in [-0.1, -0.05) is 0 Å². The topological polar surface area (TPSA) is 88.3 Å². The number of ketones is 1. The molecule has 0 aliphatic carbocycles. The number of halogens is 1. The summed E-state index contributed by atoms with van der Waals surface area (Å²) in [5.74, 6) is -1.19. The number of benzene rings is 1. The Balaban J connectivity index is 2.02. The molecule has 25 heavy (non-hydrogen) atoms. The van der Waals surface area contributed by atoms with Crippen LogP contribution in [0, 0.1) is 5.82 Å². The molecule has 1 aromatic heterocycles. The molecule has 3 rings (SSSR count). The lowest BCUT2D eigenvalue weighted by Crippen LogP contribution is -2.37. The first kappa shape index (κ1) is 16.6. The number of aromatic nitrogens is 1. The number of nitrogens with one attached hydrogen (secondary N) is 1. The average Bonchev–Trinajstić information content (AvgIpc) is 2.61. The molecule has 0 fully saturated rings. The predicted octanol–water partition coefficient (Wildman–Crippen LogP) is 1.83. The van der Waals surface area contributed by atoms with E-state index >= 15 is 0 Å². The number of pyridine rings is 1. The molecule has 0 saturated carbocycles. The Morgan fingerprint density at radius 2 is 2.20 bits per heavy atom. The van der Waals surface area contributed by atoms with E-state index < -0.39 is 11.7 Å². The number of hydrogen-bond donors (Lipinski definition) is 2. The minimum Gasteiger partial charge on any atom is -0.386 e. The average molecular weight is 340 g/mol. The second-order valence-electron chi connectivity index (χ2n) is 5.70. The molecule has 0 unspecified atom stereocenters. The Labute approximate surface area is 144 Å². The third kappa shape index (κ3) is 3.35. The number of Topliss-reactive ketones (excluding diaryl/α,β-unsaturated/α-hetero) is 1. The van der Waals surface area contributed by atoms with Crippen molar-refractivity contribution >= 4 is 29.1 Å². The zero-order chi connectivity index (χ0) is 18.0. The molecule has 0 spiro atoms. The van der Waals surface area contributed by atoms with Crippen LogP contribution in [0.5, 0.6) is 0 Å². The van der Waals surface area contributed by atoms with Gasteiger partial charge in [0.05, 0.1) is 17.9 Å². The number of fused-ring (bicyclic) bond motifs is 1. The SMILES string of the molecule is CNc1cc(F)cc2c1N(CC(=O)c1cccnc1)CC(C(N)=O)=C2. The van der Waals surface area contributed by atoms with Crippen LogP contribution in [0.25, 0.3) is 6.08 Å². The molecular weight excluding hydrogens is 323 g/mol. The van der Waals surface area contributed by atoms with E-state index in [1.807, 2.05) is 0 Å². The van der Waals surface area contributed by atoms with E-state index in [0.717, 1.165) is 0 Å². The Bertz CT molecular complexity index is 865. The summed E-state index contributed by atoms with van der Waals surface area (Å²) in [6.45, 7) is 0.193. The summed E-state index contributed by atoms with van der Waals surface area (Å²) in [7, 11) is 1.67. The monoisotopic (exact) mass is 340 g/mol. The van der Waals surface area contributed by atoms with Crippen molar-refractivity contribution in [2.45, 2.75) is 0 Å². The van der Waals surface area contributed by atoms with Crippen molar-refractivity contribution in [3.05, 3.63) is 59.2 Å². The molecule has 128 valence electrons. The molecule has 0 saturated heterocycles. The Hall–Kier alpha value is -3.22. The van der Waals surface area contributed by atoms with Crippen LogP contribution in [0.3, 0.4) is 0 Å². The summed E-state index contributed by atoms with van der Waals surface area (Å²) in [6, 6.07) is 6.03. The molecule has 0 radical (unpaired) electrons. The third-order valence-electron chi connectivity index (χ3n) is 4.02. The summed E-state index contributed by atoms with van der Waals surface area (Å²) in [6.07, 6.45) is 4.64. The number of anilines is 2. The number of primary amides is 1. The Kier molecular flexibility index (Phi) is 4.47. The lowest BCUT2D eigenvalue weighted by atomic mass is 9.99. The highest BCUT2D eigenvalue weighted by Crippen LogP contribution is 2.36. The van der Waals surface area contributed by atoms with Crippen LogP contribution < -0.4 is 16.0 Å². The van der Waals surface area contributed by atoms with Gasteiger partial charge in [0.1, 0.15) is 5.82 Å². The third-order valence-corrected chi connectivity index (χ3v) is 4.02. The first-order valence-corrected chi connectivity index (χ1v) is 7.69. The van der Waals surface area contributed by atoms with Gasteiger partial charge in [-0.3, -0.25) is 14.6 Å². The van der Waals surface area contributed by atoms with Gasteiger partial charge in [0.2, 0.25) is 5.91 Å². The summed E-state index contributed by atoms with van der Waals surface area (Å²) < 4.78 is 13.8. The predicted molar refractivity (Wildman–Crippen MR) is 93.9 cm³/mol. The van der Waals surface area contributed by atoms with Crippen molar-refractivity contribution < 1.29 is 14.0 Å². The fourth-order valence-corrected chi connectivity index (χ4v) is 2.87. The standard InChI is InChI=1S/C18H17FN4O2/c1-21-15-7-14(19)6-12-5-13(18(20)25)9-23(17(12)15)10-16(24)11-3-2-4-22-8-11/h2-8,21H,9-10H2,1H3,(H2,20,25). The molecule has 3 N–H and O–H groups in total. The first-order valence-electron chi connectivity index (χ1n) is 7.69. The zero-order valence-corrected chi connectivity index (χ0v) is 13.6. The molecule has 2 aromatic rings. The normalized spacial score (nSPS) is 13.0. The maximum absolute atomic E-state index is 13.8. The van der Waals surface area contributed by atoms with Crippen molar-refractivity contribution in [2.24, 2.45) is 5.73 Å². The van der Waals surface area contributed by atoms with E-state index in [9.17, 15) is 14.0 Å². The van der Waals surface area contributed by atoms with E-state index in [1.165, 1.54) is 18.3 Å². The second kappa shape index (κ2) is 6.72. The number of carbonyl (C=O) groups excluding carboxylic acids is 2. The number of hydrogen-bond acceptors (Lipinski definition) is 5. The molecule has 2 heterocycles. The van der Waals surface area contributed by atoms with E-state index in [2.05, 4.69) is 10.3 Å². The Morgan fingerprint density at radius 3 is 2.84 bits per heavy atom. The number of amides is 1. The van der Waals surface area contributed by atoms with Gasteiger partial charge in [0, 0.05) is 42.7 Å². The van der Waals surface area contributed by atoms with Gasteiger partial charge in [-0.25, -0.2) is 4.39 Å². The van der Waals surface area contributed by atoms with Gasteiger partial charge >= 0.3 is 0 Å². The van der Waals surface area contributed by atoms with Crippen LogP contribution in [0.15, 0.2) is 42.2 Å². The smallest absolute Gasteiger partial charge is 0.246 e. The summed E-state index contributed by atoms with van der Waals surface area (Å²) in [5.41, 5.74) is 7.88. The molecule has 6 nitrogen and oxygen atoms in total. The summed E-state index contributed by atoms with van der Waals surface area (Å²) in [4.78, 5) is 29.8. The van der Waals surface area contributed by atoms with Gasteiger partial charge in [0.15, 0.2) is 5.78 Å². The van der Waals surface area contributed by atoms with Crippen LogP contribution >= 0.6 is 0 Å². The van der Waals surface area contributed by atoms with Gasteiger partial charge < -0.3 is 16.0 Å². The van der Waals surface area contributed by atoms with Gasteiger partial charge in [-0.05, 0) is 30.3 Å². The molecule has 1 aliphatic rings. The summed E-state index contributed by atoms with van der Waals surface area (Å²) >= 11 is 0. The van der Waals surface area contributed by atoms with Crippen molar-refractivity contribution in [2.75, 3.05) is 30.4 Å². The van der Waals surface area contributed by atoms with Crippen molar-refractivity contribution in [3.63, 3.8) is 0 Å². The van der Waals surface area contributed by atoms with E-state index in [-0.39, 0.29) is 18.9 Å². The molecule has 1 amide bonds. The first-order chi connectivity index (χ1) is 12.0. The molecule has 0 atom stereocenters. The maximum Gasteiger partial charge on any atom is 0.246 e. The Morgan fingerprint density at radius 1 is 1.40 bits per heavy atom. The molecule has 1 aromatic carbocycles. The van der Waals surface area contributed by atoms with Crippen LogP contribution in [0.4, 0.5) is 15.8 Å². The van der Waals surface area contributed by atoms with Gasteiger partial charge in [-0.2, -0.15) is 0 Å². The minimum atomic E-state index is -0.597. The van der Waals surface area contributed by atoms with E-state index in [4.69, 9.17) is 5.73 Å². The van der Waals surface area contributed by atoms with Crippen LogP contribution in [0.1, 0.15) is 15.9 Å². The van der Waals surface area contributed by atoms with Crippen LogP contribution in [-0.4, -0.2) is 36.8 Å². The van der Waals surface area contributed by atoms with Crippen molar-refractivity contribution in [1.82, 2.24) is 4.98 Å². The largest absolute Gasteiger partial charge is 0.386 e. The number of nitrogens with zero attached hydrogens (tertiary/aromatic N) is 2. The molecule has 7 heteroatoms. The number of rotatable bonds is 5.